The molecule has 2 fully saturated rings. The van der Waals surface area contributed by atoms with E-state index in [1.807, 2.05) is 6.07 Å². The Morgan fingerprint density at radius 3 is 2.49 bits per heavy atom. The monoisotopic (exact) mass is 479 g/mol. The van der Waals surface area contributed by atoms with Gasteiger partial charge in [-0.15, -0.1) is 0 Å². The lowest BCUT2D eigenvalue weighted by Crippen LogP contribution is -2.39. The Morgan fingerprint density at radius 1 is 0.971 bits per heavy atom. The van der Waals surface area contributed by atoms with Crippen molar-refractivity contribution in [3.63, 3.8) is 0 Å². The lowest BCUT2D eigenvalue weighted by molar-refractivity contribution is 0.121. The van der Waals surface area contributed by atoms with Crippen molar-refractivity contribution in [1.29, 1.82) is 0 Å². The van der Waals surface area contributed by atoms with Crippen LogP contribution in [0.5, 0.6) is 5.88 Å². The fraction of sp³-hybridized carbons (Fsp3) is 0.375. The van der Waals surface area contributed by atoms with Gasteiger partial charge in [-0.3, -0.25) is 9.98 Å². The number of benzene rings is 1. The van der Waals surface area contributed by atoms with E-state index in [-0.39, 0.29) is 12.4 Å². The smallest absolute Gasteiger partial charge is 0.232 e. The minimum Gasteiger partial charge on any atom is -0.472 e. The largest absolute Gasteiger partial charge is 0.472 e. The zero-order chi connectivity index (χ0) is 23.9. The molecule has 0 bridgehead atoms. The highest BCUT2D eigenvalue weighted by molar-refractivity contribution is 5.81. The summed E-state index contributed by atoms with van der Waals surface area (Å²) < 4.78 is 30.8. The van der Waals surface area contributed by atoms with Gasteiger partial charge in [0.25, 0.3) is 0 Å². The second-order valence-electron chi connectivity index (χ2n) is 8.02. The van der Waals surface area contributed by atoms with Gasteiger partial charge < -0.3 is 24.0 Å². The third kappa shape index (κ3) is 6.06. The average Bonchev–Trinajstić information content (AvgIpc) is 2.93. The van der Waals surface area contributed by atoms with Crippen LogP contribution in [-0.4, -0.2) is 78.8 Å². The lowest BCUT2D eigenvalue weighted by atomic mass is 10.2. The van der Waals surface area contributed by atoms with E-state index in [2.05, 4.69) is 24.8 Å². The number of nitrogens with zero attached hydrogens (tertiary/aromatic N) is 7. The van der Waals surface area contributed by atoms with E-state index in [9.17, 15) is 4.39 Å². The molecule has 3 aromatic rings. The fourth-order valence-corrected chi connectivity index (χ4v) is 3.77. The first-order valence-electron chi connectivity index (χ1n) is 11.5. The van der Waals surface area contributed by atoms with Crippen LogP contribution in [0.15, 0.2) is 47.8 Å². The minimum atomic E-state index is -0.376. The standard InChI is InChI=1S/C24H26FN7O3/c25-21-2-1-19(13-18(21)17-35-23-16-26-3-4-27-23)28-15-20-14-22(31-5-9-33-10-6-31)30-24(29-20)32-7-11-34-12-8-32/h1-4,13-16H,5-12,17H2. The zero-order valence-corrected chi connectivity index (χ0v) is 19.2. The van der Waals surface area contributed by atoms with Gasteiger partial charge in [0.2, 0.25) is 11.8 Å². The maximum atomic E-state index is 14.3. The van der Waals surface area contributed by atoms with Gasteiger partial charge in [0, 0.05) is 50.2 Å². The fourth-order valence-electron chi connectivity index (χ4n) is 3.77. The van der Waals surface area contributed by atoms with Crippen molar-refractivity contribution in [3.8, 4) is 5.88 Å². The number of aromatic nitrogens is 4. The highest BCUT2D eigenvalue weighted by Crippen LogP contribution is 2.22. The third-order valence-electron chi connectivity index (χ3n) is 5.64. The van der Waals surface area contributed by atoms with Crippen LogP contribution in [0.4, 0.5) is 21.8 Å². The number of hydrogen-bond acceptors (Lipinski definition) is 10. The van der Waals surface area contributed by atoms with Gasteiger partial charge in [0.1, 0.15) is 18.2 Å². The Balaban J connectivity index is 1.37. The van der Waals surface area contributed by atoms with Crippen molar-refractivity contribution in [1.82, 2.24) is 19.9 Å². The first-order chi connectivity index (χ1) is 17.2. The third-order valence-corrected chi connectivity index (χ3v) is 5.64. The summed E-state index contributed by atoms with van der Waals surface area (Å²) in [7, 11) is 0. The van der Waals surface area contributed by atoms with Crippen LogP contribution < -0.4 is 14.5 Å². The van der Waals surface area contributed by atoms with Crippen LogP contribution in [0.25, 0.3) is 0 Å². The Hall–Kier alpha value is -3.70. The van der Waals surface area contributed by atoms with E-state index >= 15 is 0 Å². The van der Waals surface area contributed by atoms with Crippen molar-refractivity contribution in [2.75, 3.05) is 62.4 Å². The molecule has 2 aliphatic rings. The first-order valence-corrected chi connectivity index (χ1v) is 11.5. The van der Waals surface area contributed by atoms with Gasteiger partial charge in [-0.1, -0.05) is 0 Å². The Morgan fingerprint density at radius 2 is 1.74 bits per heavy atom. The summed E-state index contributed by atoms with van der Waals surface area (Å²) in [6.07, 6.45) is 6.22. The summed E-state index contributed by atoms with van der Waals surface area (Å²) in [5.74, 6) is 1.44. The van der Waals surface area contributed by atoms with Crippen molar-refractivity contribution >= 4 is 23.7 Å². The summed E-state index contributed by atoms with van der Waals surface area (Å²) in [5, 5.41) is 0. The summed E-state index contributed by atoms with van der Waals surface area (Å²) >= 11 is 0. The van der Waals surface area contributed by atoms with E-state index in [0.29, 0.717) is 55.2 Å². The second-order valence-corrected chi connectivity index (χ2v) is 8.02. The van der Waals surface area contributed by atoms with Crippen molar-refractivity contribution < 1.29 is 18.6 Å². The molecule has 10 nitrogen and oxygen atoms in total. The maximum Gasteiger partial charge on any atom is 0.232 e. The maximum absolute atomic E-state index is 14.3. The quantitative estimate of drug-likeness (QED) is 0.473. The molecule has 11 heteroatoms. The van der Waals surface area contributed by atoms with E-state index in [1.165, 1.54) is 18.5 Å². The number of rotatable bonds is 7. The van der Waals surface area contributed by atoms with Gasteiger partial charge >= 0.3 is 0 Å². The van der Waals surface area contributed by atoms with E-state index in [0.717, 1.165) is 32.0 Å². The Labute approximate surface area is 202 Å². The number of hydrogen-bond donors (Lipinski definition) is 0. The lowest BCUT2D eigenvalue weighted by Gasteiger charge is -2.30. The van der Waals surface area contributed by atoms with E-state index < -0.39 is 0 Å². The molecule has 1 aromatic carbocycles. The van der Waals surface area contributed by atoms with Gasteiger partial charge in [-0.2, -0.15) is 4.98 Å². The Kier molecular flexibility index (Phi) is 7.35. The Bertz CT molecular complexity index is 1120. The van der Waals surface area contributed by atoms with Crippen molar-refractivity contribution in [2.45, 2.75) is 6.61 Å². The summed E-state index contributed by atoms with van der Waals surface area (Å²) in [4.78, 5) is 26.4. The van der Waals surface area contributed by atoms with Crippen LogP contribution in [0.2, 0.25) is 0 Å². The average molecular weight is 480 g/mol. The molecule has 0 saturated carbocycles. The molecule has 182 valence electrons. The molecular weight excluding hydrogens is 453 g/mol. The first kappa shape index (κ1) is 23.1. The predicted octanol–water partition coefficient (Wildman–Crippen LogP) is 2.41. The highest BCUT2D eigenvalue weighted by atomic mass is 19.1. The molecule has 2 aromatic heterocycles. The molecule has 0 spiro atoms. The number of ether oxygens (including phenoxy) is 3. The molecule has 0 aliphatic carbocycles. The molecule has 0 N–H and O–H groups in total. The van der Waals surface area contributed by atoms with Crippen LogP contribution in [0, 0.1) is 5.82 Å². The molecule has 4 heterocycles. The predicted molar refractivity (Wildman–Crippen MR) is 128 cm³/mol. The molecule has 0 amide bonds. The molecule has 0 radical (unpaired) electrons. The van der Waals surface area contributed by atoms with Gasteiger partial charge in [-0.05, 0) is 18.2 Å². The zero-order valence-electron chi connectivity index (χ0n) is 19.2. The number of aliphatic imine (C=N–C) groups is 1. The number of morpholine rings is 2. The highest BCUT2D eigenvalue weighted by Gasteiger charge is 2.19. The van der Waals surface area contributed by atoms with Gasteiger partial charge in [0.05, 0.1) is 50.2 Å². The SMILES string of the molecule is Fc1ccc(N=Cc2cc(N3CCOCC3)nc(N3CCOCC3)n2)cc1COc1cnccn1. The van der Waals surface area contributed by atoms with Crippen LogP contribution in [-0.2, 0) is 16.1 Å². The molecule has 2 aliphatic heterocycles. The molecule has 35 heavy (non-hydrogen) atoms. The van der Waals surface area contributed by atoms with Crippen molar-refractivity contribution in [2.24, 2.45) is 4.99 Å². The topological polar surface area (TPSA) is 98.1 Å². The second kappa shape index (κ2) is 11.2. The normalized spacial score (nSPS) is 16.6. The molecular formula is C24H26FN7O3. The van der Waals surface area contributed by atoms with E-state index in [1.54, 1.807) is 24.5 Å². The minimum absolute atomic E-state index is 0.0176. The number of anilines is 2. The van der Waals surface area contributed by atoms with Gasteiger partial charge in [-0.25, -0.2) is 14.4 Å². The molecule has 0 unspecified atom stereocenters. The molecule has 0 atom stereocenters. The van der Waals surface area contributed by atoms with Crippen molar-refractivity contribution in [3.05, 3.63) is 59.9 Å². The summed E-state index contributed by atoms with van der Waals surface area (Å²) in [5.41, 5.74) is 1.63. The van der Waals surface area contributed by atoms with Gasteiger partial charge in [0.15, 0.2) is 0 Å². The van der Waals surface area contributed by atoms with E-state index in [4.69, 9.17) is 24.2 Å². The van der Waals surface area contributed by atoms with Crippen LogP contribution in [0.1, 0.15) is 11.3 Å². The summed E-state index contributed by atoms with van der Waals surface area (Å²) in [6.45, 7) is 5.63. The molecule has 5 rings (SSSR count). The number of halogens is 1. The summed E-state index contributed by atoms with van der Waals surface area (Å²) in [6, 6.07) is 6.56. The van der Waals surface area contributed by atoms with Crippen LogP contribution in [0.3, 0.4) is 0 Å². The van der Waals surface area contributed by atoms with Crippen LogP contribution >= 0.6 is 0 Å². The molecule has 2 saturated heterocycles.